The third-order valence-corrected chi connectivity index (χ3v) is 5.15. The SMILES string of the molecule is CSc1nc2c(=O)n([C@@H](C)CNC(=O)OC(C)(C)C)c(CO)nc2s1. The summed E-state index contributed by atoms with van der Waals surface area (Å²) >= 11 is 2.75. The lowest BCUT2D eigenvalue weighted by atomic mass is 10.2. The Labute approximate surface area is 153 Å². The Bertz CT molecular complexity index is 825. The van der Waals surface area contributed by atoms with E-state index in [1.807, 2.05) is 6.26 Å². The molecule has 8 nitrogen and oxygen atoms in total. The lowest BCUT2D eigenvalue weighted by Gasteiger charge is -2.22. The standard InChI is InChI=1S/C15H22N4O4S2/c1-8(6-16-13(22)23-15(2,3)4)19-9(7-20)17-11-10(12(19)21)18-14(24-5)25-11/h8,20H,6-7H2,1-5H3,(H,16,22)/t8-/m0/s1. The summed E-state index contributed by atoms with van der Waals surface area (Å²) in [5.41, 5.74) is -0.657. The van der Waals surface area contributed by atoms with Crippen molar-refractivity contribution in [1.82, 2.24) is 19.9 Å². The van der Waals surface area contributed by atoms with Gasteiger partial charge in [-0.3, -0.25) is 9.36 Å². The Morgan fingerprint density at radius 3 is 2.68 bits per heavy atom. The van der Waals surface area contributed by atoms with Crippen LogP contribution >= 0.6 is 23.1 Å². The molecule has 0 aliphatic heterocycles. The summed E-state index contributed by atoms with van der Waals surface area (Å²) in [7, 11) is 0. The number of aliphatic hydroxyl groups is 1. The monoisotopic (exact) mass is 386 g/mol. The van der Waals surface area contributed by atoms with Gasteiger partial charge in [-0.05, 0) is 34.0 Å². The number of alkyl carbamates (subject to hydrolysis) is 1. The molecule has 0 bridgehead atoms. The van der Waals surface area contributed by atoms with Crippen LogP contribution in [0, 0.1) is 0 Å². The Balaban J connectivity index is 2.27. The third-order valence-electron chi connectivity index (χ3n) is 3.22. The second-order valence-corrected chi connectivity index (χ2v) is 8.46. The molecular weight excluding hydrogens is 364 g/mol. The van der Waals surface area contributed by atoms with Gasteiger partial charge in [-0.25, -0.2) is 14.8 Å². The summed E-state index contributed by atoms with van der Waals surface area (Å²) in [6, 6.07) is -0.418. The largest absolute Gasteiger partial charge is 0.444 e. The van der Waals surface area contributed by atoms with Crippen LogP contribution in [0.2, 0.25) is 0 Å². The highest BCUT2D eigenvalue weighted by molar-refractivity contribution is 8.00. The van der Waals surface area contributed by atoms with Crippen molar-refractivity contribution in [2.45, 2.75) is 50.3 Å². The molecule has 0 saturated heterocycles. The molecule has 0 aromatic carbocycles. The molecule has 2 heterocycles. The van der Waals surface area contributed by atoms with Crippen molar-refractivity contribution in [3.8, 4) is 0 Å². The number of nitrogens with zero attached hydrogens (tertiary/aromatic N) is 3. The van der Waals surface area contributed by atoms with Crippen LogP contribution in [-0.2, 0) is 11.3 Å². The maximum absolute atomic E-state index is 12.8. The van der Waals surface area contributed by atoms with Crippen molar-refractivity contribution in [1.29, 1.82) is 0 Å². The van der Waals surface area contributed by atoms with E-state index < -0.39 is 17.7 Å². The van der Waals surface area contributed by atoms with E-state index in [9.17, 15) is 14.7 Å². The molecule has 2 rings (SSSR count). The van der Waals surface area contributed by atoms with Gasteiger partial charge in [0.25, 0.3) is 5.56 Å². The predicted octanol–water partition coefficient (Wildman–Crippen LogP) is 2.15. The second-order valence-electron chi connectivity index (χ2n) is 6.43. The van der Waals surface area contributed by atoms with Gasteiger partial charge in [-0.15, -0.1) is 0 Å². The van der Waals surface area contributed by atoms with Crippen LogP contribution in [0.15, 0.2) is 9.13 Å². The number of rotatable bonds is 5. The third kappa shape index (κ3) is 4.71. The summed E-state index contributed by atoms with van der Waals surface area (Å²) in [4.78, 5) is 33.7. The molecule has 0 fully saturated rings. The Kier molecular flexibility index (Phi) is 6.07. The Morgan fingerprint density at radius 1 is 1.44 bits per heavy atom. The minimum absolute atomic E-state index is 0.161. The number of amides is 1. The first-order valence-corrected chi connectivity index (χ1v) is 9.74. The van der Waals surface area contributed by atoms with Crippen LogP contribution < -0.4 is 10.9 Å². The molecule has 2 aromatic heterocycles. The summed E-state index contributed by atoms with van der Waals surface area (Å²) in [5.74, 6) is 0.243. The highest BCUT2D eigenvalue weighted by atomic mass is 32.2. The van der Waals surface area contributed by atoms with E-state index in [2.05, 4.69) is 15.3 Å². The number of carbonyl (C=O) groups is 1. The number of hydrogen-bond acceptors (Lipinski definition) is 8. The normalized spacial score (nSPS) is 13.0. The van der Waals surface area contributed by atoms with E-state index >= 15 is 0 Å². The number of nitrogens with one attached hydrogen (secondary N) is 1. The van der Waals surface area contributed by atoms with Crippen LogP contribution in [0.5, 0.6) is 0 Å². The van der Waals surface area contributed by atoms with Gasteiger partial charge < -0.3 is 15.2 Å². The fourth-order valence-corrected chi connectivity index (χ4v) is 3.64. The fourth-order valence-electron chi connectivity index (χ4n) is 2.20. The molecule has 138 valence electrons. The maximum Gasteiger partial charge on any atom is 0.407 e. The molecule has 2 N–H and O–H groups in total. The summed E-state index contributed by atoms with van der Waals surface area (Å²) < 4.78 is 7.28. The number of thiazole rings is 1. The molecular formula is C15H22N4O4S2. The molecule has 25 heavy (non-hydrogen) atoms. The second kappa shape index (κ2) is 7.71. The minimum atomic E-state index is -0.601. The molecule has 0 saturated carbocycles. The number of carbonyl (C=O) groups excluding carboxylic acids is 1. The van der Waals surface area contributed by atoms with E-state index in [-0.39, 0.29) is 30.1 Å². The van der Waals surface area contributed by atoms with Crippen LogP contribution in [0.4, 0.5) is 4.79 Å². The zero-order valence-electron chi connectivity index (χ0n) is 14.8. The molecule has 0 unspecified atom stereocenters. The van der Waals surface area contributed by atoms with E-state index in [1.165, 1.54) is 27.7 Å². The molecule has 0 spiro atoms. The van der Waals surface area contributed by atoms with E-state index in [0.717, 1.165) is 4.34 Å². The first-order chi connectivity index (χ1) is 11.7. The van der Waals surface area contributed by atoms with Crippen molar-refractivity contribution in [2.75, 3.05) is 12.8 Å². The number of fused-ring (bicyclic) bond motifs is 1. The van der Waals surface area contributed by atoms with Gasteiger partial charge in [-0.2, -0.15) is 0 Å². The van der Waals surface area contributed by atoms with Gasteiger partial charge in [0.1, 0.15) is 18.0 Å². The van der Waals surface area contributed by atoms with Gasteiger partial charge in [0.2, 0.25) is 0 Å². The first kappa shape index (κ1) is 19.7. The average molecular weight is 386 g/mol. The predicted molar refractivity (Wildman–Crippen MR) is 98.3 cm³/mol. The lowest BCUT2D eigenvalue weighted by molar-refractivity contribution is 0.0520. The van der Waals surface area contributed by atoms with Crippen molar-refractivity contribution in [2.24, 2.45) is 0 Å². The van der Waals surface area contributed by atoms with Crippen LogP contribution in [0.3, 0.4) is 0 Å². The smallest absolute Gasteiger partial charge is 0.407 e. The number of aliphatic hydroxyl groups excluding tert-OH is 1. The highest BCUT2D eigenvalue weighted by Crippen LogP contribution is 2.25. The van der Waals surface area contributed by atoms with E-state index in [0.29, 0.717) is 4.83 Å². The zero-order chi connectivity index (χ0) is 18.8. The fraction of sp³-hybridized carbons (Fsp3) is 0.600. The van der Waals surface area contributed by atoms with Gasteiger partial charge in [0, 0.05) is 6.54 Å². The van der Waals surface area contributed by atoms with E-state index in [1.54, 1.807) is 27.7 Å². The number of ether oxygens (including phenoxy) is 1. The van der Waals surface area contributed by atoms with Gasteiger partial charge in [-0.1, -0.05) is 23.1 Å². The van der Waals surface area contributed by atoms with E-state index in [4.69, 9.17) is 4.74 Å². The van der Waals surface area contributed by atoms with Crippen LogP contribution in [0.25, 0.3) is 10.3 Å². The van der Waals surface area contributed by atoms with Crippen molar-refractivity contribution in [3.63, 3.8) is 0 Å². The summed E-state index contributed by atoms with van der Waals surface area (Å²) in [6.45, 7) is 6.85. The summed E-state index contributed by atoms with van der Waals surface area (Å²) in [6.07, 6.45) is 1.31. The molecule has 1 atom stereocenters. The first-order valence-electron chi connectivity index (χ1n) is 7.70. The molecule has 2 aromatic rings. The highest BCUT2D eigenvalue weighted by Gasteiger charge is 2.21. The lowest BCUT2D eigenvalue weighted by Crippen LogP contribution is -2.38. The van der Waals surface area contributed by atoms with Gasteiger partial charge >= 0.3 is 6.09 Å². The van der Waals surface area contributed by atoms with Gasteiger partial charge in [0.15, 0.2) is 14.7 Å². The Morgan fingerprint density at radius 2 is 2.12 bits per heavy atom. The molecule has 0 aliphatic rings. The number of hydrogen-bond donors (Lipinski definition) is 2. The number of aromatic nitrogens is 3. The summed E-state index contributed by atoms with van der Waals surface area (Å²) in [5, 5.41) is 12.2. The molecule has 1 amide bonds. The minimum Gasteiger partial charge on any atom is -0.444 e. The Hall–Kier alpha value is -1.65. The van der Waals surface area contributed by atoms with Crippen molar-refractivity contribution in [3.05, 3.63) is 16.2 Å². The van der Waals surface area contributed by atoms with Crippen LogP contribution in [-0.4, -0.2) is 44.1 Å². The molecule has 0 radical (unpaired) electrons. The van der Waals surface area contributed by atoms with Crippen molar-refractivity contribution < 1.29 is 14.6 Å². The average Bonchev–Trinajstić information content (AvgIpc) is 2.94. The topological polar surface area (TPSA) is 106 Å². The zero-order valence-corrected chi connectivity index (χ0v) is 16.5. The number of thioether (sulfide) groups is 1. The van der Waals surface area contributed by atoms with Gasteiger partial charge in [0.05, 0.1) is 6.04 Å². The van der Waals surface area contributed by atoms with Crippen molar-refractivity contribution >= 4 is 39.5 Å². The molecule has 10 heteroatoms. The quantitative estimate of drug-likeness (QED) is 0.758. The van der Waals surface area contributed by atoms with Crippen LogP contribution in [0.1, 0.15) is 39.6 Å². The molecule has 0 aliphatic carbocycles. The maximum atomic E-state index is 12.8.